The summed E-state index contributed by atoms with van der Waals surface area (Å²) in [5, 5.41) is 5.05. The van der Waals surface area contributed by atoms with Gasteiger partial charge in [0.25, 0.3) is 5.91 Å². The van der Waals surface area contributed by atoms with Gasteiger partial charge in [-0.2, -0.15) is 0 Å². The number of benzene rings is 2. The van der Waals surface area contributed by atoms with E-state index in [0.717, 1.165) is 16.0 Å². The molecule has 198 valence electrons. The monoisotopic (exact) mass is 531 g/mol. The van der Waals surface area contributed by atoms with Crippen molar-refractivity contribution in [1.29, 1.82) is 0 Å². The predicted octanol–water partition coefficient (Wildman–Crippen LogP) is 4.34. The second-order valence-corrected chi connectivity index (χ2v) is 11.1. The van der Waals surface area contributed by atoms with Gasteiger partial charge >= 0.3 is 0 Å². The van der Waals surface area contributed by atoms with E-state index >= 15 is 0 Å². The van der Waals surface area contributed by atoms with Gasteiger partial charge in [0.1, 0.15) is 11.8 Å². The molecule has 1 spiro atoms. The standard InChI is InChI=1S/C30H33N3O4S/c1-21-10-12-24(13-11-21)29(36)33-26(28(35)31-22(2)23-7-4-3-5-8-23)20-37-30(33)14-16-32(17-15-30)27(34)19-25-9-6-18-38-25/h3-13,18,22,26H,14-17,19-20H2,1-2H3,(H,31,35). The maximum atomic E-state index is 13.9. The van der Waals surface area contributed by atoms with Crippen molar-refractivity contribution in [3.05, 3.63) is 93.7 Å². The molecule has 8 heteroatoms. The maximum absolute atomic E-state index is 13.9. The van der Waals surface area contributed by atoms with Gasteiger partial charge in [-0.25, -0.2) is 0 Å². The molecule has 0 saturated carbocycles. The van der Waals surface area contributed by atoms with Crippen LogP contribution in [0.4, 0.5) is 0 Å². The second-order valence-electron chi connectivity index (χ2n) is 10.1. The molecule has 7 nitrogen and oxygen atoms in total. The average molecular weight is 532 g/mol. The Morgan fingerprint density at radius 1 is 1.03 bits per heavy atom. The number of hydrogen-bond donors (Lipinski definition) is 1. The smallest absolute Gasteiger partial charge is 0.256 e. The molecule has 0 aliphatic carbocycles. The van der Waals surface area contributed by atoms with Crippen LogP contribution in [-0.2, 0) is 20.7 Å². The van der Waals surface area contributed by atoms with E-state index in [9.17, 15) is 14.4 Å². The number of carbonyl (C=O) groups is 3. The van der Waals surface area contributed by atoms with Crippen LogP contribution in [0.5, 0.6) is 0 Å². The fraction of sp³-hybridized carbons (Fsp3) is 0.367. The summed E-state index contributed by atoms with van der Waals surface area (Å²) in [6.07, 6.45) is 1.29. The largest absolute Gasteiger partial charge is 0.353 e. The van der Waals surface area contributed by atoms with Gasteiger partial charge in [-0.05, 0) is 43.0 Å². The Balaban J connectivity index is 1.35. The highest BCUT2D eigenvalue weighted by molar-refractivity contribution is 7.10. The summed E-state index contributed by atoms with van der Waals surface area (Å²) in [7, 11) is 0. The third-order valence-electron chi connectivity index (χ3n) is 7.54. The maximum Gasteiger partial charge on any atom is 0.256 e. The Kier molecular flexibility index (Phi) is 7.63. The summed E-state index contributed by atoms with van der Waals surface area (Å²) in [5.41, 5.74) is 1.63. The van der Waals surface area contributed by atoms with Crippen LogP contribution in [0.3, 0.4) is 0 Å². The van der Waals surface area contributed by atoms with Gasteiger partial charge in [0.05, 0.1) is 19.1 Å². The summed E-state index contributed by atoms with van der Waals surface area (Å²) in [4.78, 5) is 44.9. The van der Waals surface area contributed by atoms with Crippen LogP contribution in [0.2, 0.25) is 0 Å². The molecule has 2 fully saturated rings. The van der Waals surface area contributed by atoms with Gasteiger partial charge in [-0.1, -0.05) is 54.1 Å². The minimum Gasteiger partial charge on any atom is -0.353 e. The lowest BCUT2D eigenvalue weighted by molar-refractivity contribution is -0.143. The summed E-state index contributed by atoms with van der Waals surface area (Å²) < 4.78 is 6.32. The Morgan fingerprint density at radius 2 is 1.74 bits per heavy atom. The van der Waals surface area contributed by atoms with Crippen LogP contribution in [0.25, 0.3) is 0 Å². The number of nitrogens with one attached hydrogen (secondary N) is 1. The Labute approximate surface area is 227 Å². The fourth-order valence-corrected chi connectivity index (χ4v) is 6.01. The number of likely N-dealkylation sites (tertiary alicyclic amines) is 1. The van der Waals surface area contributed by atoms with E-state index in [1.54, 1.807) is 28.4 Å². The molecule has 5 rings (SSSR count). The third-order valence-corrected chi connectivity index (χ3v) is 8.42. The number of carbonyl (C=O) groups excluding carboxylic acids is 3. The van der Waals surface area contributed by atoms with E-state index in [1.165, 1.54) is 0 Å². The lowest BCUT2D eigenvalue weighted by atomic mass is 9.96. The van der Waals surface area contributed by atoms with Crippen molar-refractivity contribution in [3.63, 3.8) is 0 Å². The molecule has 2 aliphatic heterocycles. The molecule has 2 saturated heterocycles. The molecule has 3 heterocycles. The molecular weight excluding hydrogens is 498 g/mol. The number of piperidine rings is 1. The van der Waals surface area contributed by atoms with Crippen molar-refractivity contribution in [3.8, 4) is 0 Å². The number of thiophene rings is 1. The topological polar surface area (TPSA) is 79.0 Å². The Bertz CT molecular complexity index is 1270. The first-order chi connectivity index (χ1) is 18.4. The zero-order chi connectivity index (χ0) is 26.7. The SMILES string of the molecule is Cc1ccc(C(=O)N2C(C(=O)NC(C)c3ccccc3)COC23CCN(C(=O)Cc2cccs2)CC3)cc1. The number of amides is 3. The molecule has 0 radical (unpaired) electrons. The second kappa shape index (κ2) is 11.1. The van der Waals surface area contributed by atoms with Crippen molar-refractivity contribution in [2.75, 3.05) is 19.7 Å². The summed E-state index contributed by atoms with van der Waals surface area (Å²) in [6, 6.07) is 20.1. The van der Waals surface area contributed by atoms with Crippen LogP contribution >= 0.6 is 11.3 Å². The number of ether oxygens (including phenoxy) is 1. The first kappa shape index (κ1) is 26.1. The molecule has 2 unspecified atom stereocenters. The predicted molar refractivity (Wildman–Crippen MR) is 147 cm³/mol. The first-order valence-corrected chi connectivity index (χ1v) is 13.9. The quantitative estimate of drug-likeness (QED) is 0.514. The van der Waals surface area contributed by atoms with Crippen molar-refractivity contribution in [2.24, 2.45) is 0 Å². The zero-order valence-electron chi connectivity index (χ0n) is 21.8. The number of nitrogens with zero attached hydrogens (tertiary/aromatic N) is 2. The number of hydrogen-bond acceptors (Lipinski definition) is 5. The van der Waals surface area contributed by atoms with Crippen LogP contribution in [-0.4, -0.2) is 59.0 Å². The Hall–Kier alpha value is -3.49. The van der Waals surface area contributed by atoms with E-state index in [-0.39, 0.29) is 30.4 Å². The molecule has 1 aromatic heterocycles. The average Bonchev–Trinajstić information content (AvgIpc) is 3.57. The van der Waals surface area contributed by atoms with Crippen LogP contribution in [0, 0.1) is 6.92 Å². The van der Waals surface area contributed by atoms with Crippen LogP contribution in [0.15, 0.2) is 72.1 Å². The number of aryl methyl sites for hydroxylation is 1. The van der Waals surface area contributed by atoms with Crippen molar-refractivity contribution in [2.45, 2.75) is 50.9 Å². The summed E-state index contributed by atoms with van der Waals surface area (Å²) in [6.45, 7) is 4.96. The highest BCUT2D eigenvalue weighted by Gasteiger charge is 2.54. The van der Waals surface area contributed by atoms with Gasteiger partial charge in [0.15, 0.2) is 0 Å². The van der Waals surface area contributed by atoms with E-state index in [1.807, 2.05) is 78.7 Å². The van der Waals surface area contributed by atoms with E-state index in [4.69, 9.17) is 4.74 Å². The van der Waals surface area contributed by atoms with Crippen LogP contribution < -0.4 is 5.32 Å². The van der Waals surface area contributed by atoms with Gasteiger partial charge in [0.2, 0.25) is 11.8 Å². The van der Waals surface area contributed by atoms with Gasteiger partial charge in [-0.15, -0.1) is 11.3 Å². The summed E-state index contributed by atoms with van der Waals surface area (Å²) in [5.74, 6) is -0.397. The Morgan fingerprint density at radius 3 is 2.39 bits per heavy atom. The molecule has 2 aliphatic rings. The van der Waals surface area contributed by atoms with Gasteiger partial charge in [0, 0.05) is 36.4 Å². The zero-order valence-corrected chi connectivity index (χ0v) is 22.6. The molecule has 3 amide bonds. The summed E-state index contributed by atoms with van der Waals surface area (Å²) >= 11 is 1.57. The molecule has 2 atom stereocenters. The molecule has 2 aromatic carbocycles. The van der Waals surface area contributed by atoms with Crippen molar-refractivity contribution in [1.82, 2.24) is 15.1 Å². The molecule has 0 bridgehead atoms. The molecule has 3 aromatic rings. The molecular formula is C30H33N3O4S. The normalized spacial score (nSPS) is 19.4. The van der Waals surface area contributed by atoms with E-state index in [2.05, 4.69) is 5.32 Å². The highest BCUT2D eigenvalue weighted by atomic mass is 32.1. The third kappa shape index (κ3) is 5.37. The lowest BCUT2D eigenvalue weighted by Crippen LogP contribution is -2.60. The number of rotatable bonds is 6. The molecule has 38 heavy (non-hydrogen) atoms. The minimum absolute atomic E-state index is 0.0719. The van der Waals surface area contributed by atoms with Gasteiger partial charge < -0.3 is 15.0 Å². The van der Waals surface area contributed by atoms with E-state index in [0.29, 0.717) is 37.9 Å². The lowest BCUT2D eigenvalue weighted by Gasteiger charge is -2.44. The van der Waals surface area contributed by atoms with Crippen molar-refractivity contribution < 1.29 is 19.1 Å². The van der Waals surface area contributed by atoms with Crippen molar-refractivity contribution >= 4 is 29.1 Å². The molecule has 1 N–H and O–H groups in total. The first-order valence-electron chi connectivity index (χ1n) is 13.1. The van der Waals surface area contributed by atoms with Gasteiger partial charge in [-0.3, -0.25) is 19.3 Å². The minimum atomic E-state index is -0.931. The van der Waals surface area contributed by atoms with Crippen LogP contribution in [0.1, 0.15) is 52.2 Å². The fourth-order valence-electron chi connectivity index (χ4n) is 5.32. The highest BCUT2D eigenvalue weighted by Crippen LogP contribution is 2.39. The van der Waals surface area contributed by atoms with E-state index < -0.39 is 11.8 Å².